The fourth-order valence-electron chi connectivity index (χ4n) is 1.50. The van der Waals surface area contributed by atoms with Gasteiger partial charge in [-0.3, -0.25) is 0 Å². The molecule has 0 saturated heterocycles. The number of nitrogen functional groups attached to an aromatic ring is 1. The molecule has 0 radical (unpaired) electrons. The molecular weight excluding hydrogens is 204 g/mol. The first-order chi connectivity index (χ1) is 7.65. The summed E-state index contributed by atoms with van der Waals surface area (Å²) in [6.07, 6.45) is 1.65. The molecule has 5 heteroatoms. The summed E-state index contributed by atoms with van der Waals surface area (Å²) in [4.78, 5) is 8.11. The topological polar surface area (TPSA) is 77.0 Å². The van der Waals surface area contributed by atoms with Gasteiger partial charge in [0.05, 0.1) is 12.3 Å². The first-order valence-corrected chi connectivity index (χ1v) is 5.06. The zero-order valence-electron chi connectivity index (χ0n) is 9.27. The fraction of sp³-hybridized carbons (Fsp3) is 0.273. The lowest BCUT2D eigenvalue weighted by atomic mass is 10.2. The zero-order valence-corrected chi connectivity index (χ0v) is 9.27. The molecule has 0 aliphatic carbocycles. The second kappa shape index (κ2) is 4.22. The summed E-state index contributed by atoms with van der Waals surface area (Å²) < 4.78 is 5.29. The highest BCUT2D eigenvalue weighted by Gasteiger charge is 2.09. The number of hydrogen-bond donors (Lipinski definition) is 2. The molecule has 0 aromatic carbocycles. The first kappa shape index (κ1) is 10.5. The van der Waals surface area contributed by atoms with Gasteiger partial charge in [-0.05, 0) is 26.0 Å². The summed E-state index contributed by atoms with van der Waals surface area (Å²) >= 11 is 0. The van der Waals surface area contributed by atoms with Gasteiger partial charge in [0.15, 0.2) is 0 Å². The van der Waals surface area contributed by atoms with Crippen molar-refractivity contribution in [1.82, 2.24) is 9.97 Å². The van der Waals surface area contributed by atoms with Crippen molar-refractivity contribution in [3.05, 3.63) is 35.9 Å². The summed E-state index contributed by atoms with van der Waals surface area (Å²) in [5.74, 6) is 1.83. The zero-order chi connectivity index (χ0) is 11.5. The van der Waals surface area contributed by atoms with Crippen LogP contribution in [0.1, 0.15) is 24.4 Å². The van der Waals surface area contributed by atoms with Crippen molar-refractivity contribution < 1.29 is 4.42 Å². The molecule has 0 amide bonds. The van der Waals surface area contributed by atoms with Gasteiger partial charge < -0.3 is 15.5 Å². The summed E-state index contributed by atoms with van der Waals surface area (Å²) in [6.45, 7) is 3.87. The van der Waals surface area contributed by atoms with E-state index in [1.54, 1.807) is 6.26 Å². The van der Waals surface area contributed by atoms with Crippen molar-refractivity contribution >= 4 is 11.8 Å². The second-order valence-electron chi connectivity index (χ2n) is 3.63. The fourth-order valence-corrected chi connectivity index (χ4v) is 1.50. The first-order valence-electron chi connectivity index (χ1n) is 5.06. The van der Waals surface area contributed by atoms with Crippen LogP contribution in [0.25, 0.3) is 0 Å². The molecule has 1 atom stereocenters. The standard InChI is InChI=1S/C11H14N4O/c1-7-6-10(15-11(12)13-7)14-8(2)9-4-3-5-16-9/h3-6,8H,1-2H3,(H3,12,13,14,15)/t8-/m1/s1. The van der Waals surface area contributed by atoms with E-state index in [4.69, 9.17) is 10.2 Å². The predicted octanol–water partition coefficient (Wildman–Crippen LogP) is 2.13. The molecule has 2 aromatic rings. The molecule has 2 aromatic heterocycles. The van der Waals surface area contributed by atoms with Crippen LogP contribution < -0.4 is 11.1 Å². The highest BCUT2D eigenvalue weighted by atomic mass is 16.3. The third-order valence-electron chi connectivity index (χ3n) is 2.21. The van der Waals surface area contributed by atoms with Gasteiger partial charge in [-0.15, -0.1) is 0 Å². The summed E-state index contributed by atoms with van der Waals surface area (Å²) in [5.41, 5.74) is 6.40. The van der Waals surface area contributed by atoms with E-state index in [-0.39, 0.29) is 12.0 Å². The number of rotatable bonds is 3. The van der Waals surface area contributed by atoms with Crippen LogP contribution in [0.5, 0.6) is 0 Å². The van der Waals surface area contributed by atoms with Crippen molar-refractivity contribution in [1.29, 1.82) is 0 Å². The molecule has 2 rings (SSSR count). The van der Waals surface area contributed by atoms with Gasteiger partial charge in [0.2, 0.25) is 5.95 Å². The van der Waals surface area contributed by atoms with E-state index in [2.05, 4.69) is 15.3 Å². The Kier molecular flexibility index (Phi) is 2.76. The minimum absolute atomic E-state index is 0.0451. The second-order valence-corrected chi connectivity index (χ2v) is 3.63. The number of furan rings is 1. The van der Waals surface area contributed by atoms with Gasteiger partial charge >= 0.3 is 0 Å². The highest BCUT2D eigenvalue weighted by Crippen LogP contribution is 2.18. The Bertz CT molecular complexity index is 447. The molecule has 0 bridgehead atoms. The number of nitrogens with two attached hydrogens (primary N) is 1. The van der Waals surface area contributed by atoms with E-state index >= 15 is 0 Å². The summed E-state index contributed by atoms with van der Waals surface area (Å²) in [5, 5.41) is 3.20. The predicted molar refractivity (Wildman–Crippen MR) is 61.9 cm³/mol. The number of nitrogens with one attached hydrogen (secondary N) is 1. The average molecular weight is 218 g/mol. The third-order valence-corrected chi connectivity index (χ3v) is 2.21. The number of aryl methyl sites for hydroxylation is 1. The SMILES string of the molecule is Cc1cc(N[C@H](C)c2ccco2)nc(N)n1. The van der Waals surface area contributed by atoms with Crippen molar-refractivity contribution in [2.75, 3.05) is 11.1 Å². The Labute approximate surface area is 93.7 Å². The Morgan fingerprint density at radius 2 is 2.25 bits per heavy atom. The molecular formula is C11H14N4O. The molecule has 16 heavy (non-hydrogen) atoms. The largest absolute Gasteiger partial charge is 0.467 e. The highest BCUT2D eigenvalue weighted by molar-refractivity contribution is 5.41. The van der Waals surface area contributed by atoms with Crippen LogP contribution in [0, 0.1) is 6.92 Å². The van der Waals surface area contributed by atoms with Gasteiger partial charge in [-0.2, -0.15) is 4.98 Å². The average Bonchev–Trinajstić information content (AvgIpc) is 2.68. The van der Waals surface area contributed by atoms with Crippen LogP contribution in [0.4, 0.5) is 11.8 Å². The van der Waals surface area contributed by atoms with Crippen molar-refractivity contribution in [2.24, 2.45) is 0 Å². The van der Waals surface area contributed by atoms with Crippen LogP contribution in [0.3, 0.4) is 0 Å². The van der Waals surface area contributed by atoms with Gasteiger partial charge in [0, 0.05) is 11.8 Å². The molecule has 84 valence electrons. The smallest absolute Gasteiger partial charge is 0.222 e. The lowest BCUT2D eigenvalue weighted by Gasteiger charge is -2.12. The lowest BCUT2D eigenvalue weighted by molar-refractivity contribution is 0.490. The van der Waals surface area contributed by atoms with Crippen molar-refractivity contribution in [3.8, 4) is 0 Å². The molecule has 5 nitrogen and oxygen atoms in total. The minimum Gasteiger partial charge on any atom is -0.467 e. The van der Waals surface area contributed by atoms with Crippen LogP contribution in [0.2, 0.25) is 0 Å². The molecule has 0 spiro atoms. The Morgan fingerprint density at radius 3 is 2.88 bits per heavy atom. The van der Waals surface area contributed by atoms with E-state index in [9.17, 15) is 0 Å². The van der Waals surface area contributed by atoms with E-state index in [1.165, 1.54) is 0 Å². The van der Waals surface area contributed by atoms with Gasteiger partial charge in [0.1, 0.15) is 11.6 Å². The number of hydrogen-bond acceptors (Lipinski definition) is 5. The monoisotopic (exact) mass is 218 g/mol. The number of anilines is 2. The van der Waals surface area contributed by atoms with Crippen LogP contribution in [-0.2, 0) is 0 Å². The minimum atomic E-state index is 0.0451. The number of aromatic nitrogens is 2. The van der Waals surface area contributed by atoms with E-state index in [1.807, 2.05) is 32.0 Å². The van der Waals surface area contributed by atoms with E-state index in [0.29, 0.717) is 5.82 Å². The maximum absolute atomic E-state index is 5.57. The maximum atomic E-state index is 5.57. The van der Waals surface area contributed by atoms with Crippen LogP contribution in [-0.4, -0.2) is 9.97 Å². The summed E-state index contributed by atoms with van der Waals surface area (Å²) in [6, 6.07) is 5.65. The normalized spacial score (nSPS) is 12.4. The molecule has 2 heterocycles. The lowest BCUT2D eigenvalue weighted by Crippen LogP contribution is -2.09. The maximum Gasteiger partial charge on any atom is 0.222 e. The molecule has 0 saturated carbocycles. The van der Waals surface area contributed by atoms with Gasteiger partial charge in [-0.25, -0.2) is 4.98 Å². The number of nitrogens with zero attached hydrogens (tertiary/aromatic N) is 2. The van der Waals surface area contributed by atoms with Gasteiger partial charge in [0.25, 0.3) is 0 Å². The molecule has 0 aliphatic rings. The summed E-state index contributed by atoms with van der Waals surface area (Å²) in [7, 11) is 0. The Hall–Kier alpha value is -2.04. The molecule has 0 aliphatic heterocycles. The van der Waals surface area contributed by atoms with Crippen molar-refractivity contribution in [3.63, 3.8) is 0 Å². The quantitative estimate of drug-likeness (QED) is 0.825. The molecule has 0 unspecified atom stereocenters. The Morgan fingerprint density at radius 1 is 1.44 bits per heavy atom. The third kappa shape index (κ3) is 2.31. The van der Waals surface area contributed by atoms with Crippen LogP contribution >= 0.6 is 0 Å². The van der Waals surface area contributed by atoms with E-state index in [0.717, 1.165) is 11.5 Å². The molecule has 0 fully saturated rings. The van der Waals surface area contributed by atoms with Crippen molar-refractivity contribution in [2.45, 2.75) is 19.9 Å². The van der Waals surface area contributed by atoms with Gasteiger partial charge in [-0.1, -0.05) is 0 Å². The molecule has 3 N–H and O–H groups in total. The Balaban J connectivity index is 2.15. The van der Waals surface area contributed by atoms with Crippen LogP contribution in [0.15, 0.2) is 28.9 Å². The van der Waals surface area contributed by atoms with E-state index < -0.39 is 0 Å².